The van der Waals surface area contributed by atoms with Crippen LogP contribution >= 0.6 is 0 Å². The fourth-order valence-electron chi connectivity index (χ4n) is 4.53. The number of nitrogens with zero attached hydrogens (tertiary/aromatic N) is 1. The molecule has 0 aromatic carbocycles. The summed E-state index contributed by atoms with van der Waals surface area (Å²) in [4.78, 5) is 96.1. The standard InChI is InChI=1S/C30H53N11O8/c1-15(2)11-21(40-27(46)20(8-9-23(32)43)39-30(49)24(33)17(4)42)29(48)38-19(7-5-6-10-31)26(45)41-22(12-18-13-35-14-36-18)28(47)37-16(3)25(34)44/h13-17,19-22,24,42H,5-12,31,33H2,1-4H3,(H2,32,43)(H2,34,44)(H,35,36)(H,37,47)(H,38,48)(H,39,49)(H,40,46)(H,41,45)/t16-,17-,19-,20-,21-,22-,24-/m1/s1. The van der Waals surface area contributed by atoms with Crippen molar-refractivity contribution in [1.29, 1.82) is 0 Å². The van der Waals surface area contributed by atoms with Crippen LogP contribution in [0.25, 0.3) is 0 Å². The first-order chi connectivity index (χ1) is 23.0. The van der Waals surface area contributed by atoms with Gasteiger partial charge in [0.2, 0.25) is 41.4 Å². The average Bonchev–Trinajstić information content (AvgIpc) is 3.53. The molecule has 1 heterocycles. The van der Waals surface area contributed by atoms with E-state index in [0.29, 0.717) is 25.1 Å². The molecule has 1 rings (SSSR count). The molecule has 0 spiro atoms. The number of aromatic amines is 1. The van der Waals surface area contributed by atoms with Crippen molar-refractivity contribution in [3.05, 3.63) is 18.2 Å². The Hall–Kier alpha value is -4.62. The van der Waals surface area contributed by atoms with Crippen molar-refractivity contribution in [3.63, 3.8) is 0 Å². The molecule has 49 heavy (non-hydrogen) atoms. The molecule has 0 bridgehead atoms. The maximum atomic E-state index is 13.7. The molecule has 0 radical (unpaired) electrons. The van der Waals surface area contributed by atoms with Crippen LogP contribution in [0, 0.1) is 5.92 Å². The van der Waals surface area contributed by atoms with Crippen molar-refractivity contribution in [1.82, 2.24) is 36.6 Å². The van der Waals surface area contributed by atoms with Gasteiger partial charge in [0, 0.05) is 24.7 Å². The molecule has 0 aliphatic heterocycles. The van der Waals surface area contributed by atoms with E-state index in [0.717, 1.165) is 0 Å². The Kier molecular flexibility index (Phi) is 18.5. The fourth-order valence-corrected chi connectivity index (χ4v) is 4.53. The maximum absolute atomic E-state index is 13.7. The van der Waals surface area contributed by atoms with Gasteiger partial charge in [-0.2, -0.15) is 0 Å². The highest BCUT2D eigenvalue weighted by Gasteiger charge is 2.33. The van der Waals surface area contributed by atoms with Gasteiger partial charge in [0.1, 0.15) is 36.3 Å². The molecular weight excluding hydrogens is 642 g/mol. The largest absolute Gasteiger partial charge is 0.391 e. The van der Waals surface area contributed by atoms with E-state index in [4.69, 9.17) is 22.9 Å². The van der Waals surface area contributed by atoms with Gasteiger partial charge in [-0.1, -0.05) is 13.8 Å². The molecule has 1 aromatic rings. The van der Waals surface area contributed by atoms with Gasteiger partial charge in [-0.3, -0.25) is 33.6 Å². The van der Waals surface area contributed by atoms with Gasteiger partial charge < -0.3 is 59.6 Å². The zero-order valence-corrected chi connectivity index (χ0v) is 28.5. The molecule has 19 heteroatoms. The molecule has 1 aromatic heterocycles. The number of amides is 7. The van der Waals surface area contributed by atoms with Gasteiger partial charge >= 0.3 is 0 Å². The highest BCUT2D eigenvalue weighted by molar-refractivity contribution is 5.96. The lowest BCUT2D eigenvalue weighted by Gasteiger charge is -2.28. The Balaban J connectivity index is 3.27. The van der Waals surface area contributed by atoms with E-state index in [-0.39, 0.29) is 38.0 Å². The van der Waals surface area contributed by atoms with E-state index in [1.807, 2.05) is 0 Å². The Bertz CT molecular complexity index is 1260. The van der Waals surface area contributed by atoms with E-state index in [1.54, 1.807) is 13.8 Å². The summed E-state index contributed by atoms with van der Waals surface area (Å²) in [7, 11) is 0. The summed E-state index contributed by atoms with van der Waals surface area (Å²) < 4.78 is 0. The number of carbonyl (C=O) groups excluding carboxylic acids is 7. The summed E-state index contributed by atoms with van der Waals surface area (Å²) in [6.45, 7) is 6.61. The lowest BCUT2D eigenvalue weighted by Crippen LogP contribution is -2.60. The highest BCUT2D eigenvalue weighted by atomic mass is 16.3. The number of hydrogen-bond donors (Lipinski definition) is 11. The molecule has 0 saturated carbocycles. The average molecular weight is 696 g/mol. The maximum Gasteiger partial charge on any atom is 0.243 e. The predicted octanol–water partition coefficient (Wildman–Crippen LogP) is -3.97. The van der Waals surface area contributed by atoms with E-state index in [9.17, 15) is 38.7 Å². The highest BCUT2D eigenvalue weighted by Crippen LogP contribution is 2.10. The van der Waals surface area contributed by atoms with Crippen molar-refractivity contribution >= 4 is 41.4 Å². The van der Waals surface area contributed by atoms with Crippen molar-refractivity contribution in [2.75, 3.05) is 6.54 Å². The summed E-state index contributed by atoms with van der Waals surface area (Å²) >= 11 is 0. The number of rotatable bonds is 23. The molecular formula is C30H53N11O8. The first kappa shape index (κ1) is 42.4. The molecule has 0 fully saturated rings. The summed E-state index contributed by atoms with van der Waals surface area (Å²) in [6, 6.07) is -7.31. The number of hydrogen-bond acceptors (Lipinski definition) is 11. The molecule has 15 N–H and O–H groups in total. The minimum atomic E-state index is -1.37. The van der Waals surface area contributed by atoms with Gasteiger partial charge in [0.05, 0.1) is 12.4 Å². The molecule has 7 atom stereocenters. The lowest BCUT2D eigenvalue weighted by molar-refractivity contribution is -0.135. The first-order valence-electron chi connectivity index (χ1n) is 16.2. The quantitative estimate of drug-likeness (QED) is 0.0490. The Morgan fingerprint density at radius 3 is 1.82 bits per heavy atom. The number of aliphatic hydroxyl groups excluding tert-OH is 1. The van der Waals surface area contributed by atoms with Crippen LogP contribution in [0.5, 0.6) is 0 Å². The number of aliphatic hydroxyl groups is 1. The predicted molar refractivity (Wildman–Crippen MR) is 177 cm³/mol. The normalized spacial score (nSPS) is 15.4. The number of nitrogens with one attached hydrogen (secondary N) is 6. The number of aromatic nitrogens is 2. The number of unbranched alkanes of at least 4 members (excludes halogenated alkanes) is 1. The second-order valence-electron chi connectivity index (χ2n) is 12.3. The molecule has 0 aliphatic carbocycles. The Morgan fingerprint density at radius 2 is 1.31 bits per heavy atom. The zero-order valence-electron chi connectivity index (χ0n) is 28.5. The summed E-state index contributed by atoms with van der Waals surface area (Å²) in [5.74, 6) is -5.48. The molecule has 7 amide bonds. The smallest absolute Gasteiger partial charge is 0.243 e. The second-order valence-corrected chi connectivity index (χ2v) is 12.3. The molecule has 0 saturated heterocycles. The van der Waals surface area contributed by atoms with Gasteiger partial charge in [0.15, 0.2) is 0 Å². The van der Waals surface area contributed by atoms with E-state index >= 15 is 0 Å². The molecule has 19 nitrogen and oxygen atoms in total. The van der Waals surface area contributed by atoms with E-state index in [2.05, 4.69) is 36.6 Å². The van der Waals surface area contributed by atoms with Gasteiger partial charge in [0.25, 0.3) is 0 Å². The van der Waals surface area contributed by atoms with Gasteiger partial charge in [-0.05, 0) is 58.4 Å². The Morgan fingerprint density at radius 1 is 0.776 bits per heavy atom. The Labute approximate surface area is 285 Å². The number of H-pyrrole nitrogens is 1. The SMILES string of the molecule is CC(C)C[C@@H](NC(=O)[C@@H](CCC(N)=O)NC(=O)[C@H](N)[C@@H](C)O)C(=O)N[C@H](CCCCN)C(=O)N[C@H](Cc1cnc[nH]1)C(=O)N[C@H](C)C(N)=O. The van der Waals surface area contributed by atoms with Gasteiger partial charge in [-0.25, -0.2) is 4.98 Å². The van der Waals surface area contributed by atoms with E-state index < -0.39 is 83.7 Å². The van der Waals surface area contributed by atoms with E-state index in [1.165, 1.54) is 26.4 Å². The van der Waals surface area contributed by atoms with Crippen LogP contribution in [0.3, 0.4) is 0 Å². The second kappa shape index (κ2) is 21.4. The number of carbonyl (C=O) groups is 7. The first-order valence-corrected chi connectivity index (χ1v) is 16.2. The number of primary amides is 2. The number of imidazole rings is 1. The lowest BCUT2D eigenvalue weighted by atomic mass is 10.0. The minimum absolute atomic E-state index is 0.0321. The van der Waals surface area contributed by atoms with Crippen LogP contribution in [0.2, 0.25) is 0 Å². The third kappa shape index (κ3) is 15.9. The fraction of sp³-hybridized carbons (Fsp3) is 0.667. The topological polar surface area (TPSA) is 333 Å². The van der Waals surface area contributed by atoms with Crippen LogP contribution in [-0.2, 0) is 40.0 Å². The van der Waals surface area contributed by atoms with Crippen LogP contribution in [0.4, 0.5) is 0 Å². The molecule has 276 valence electrons. The van der Waals surface area contributed by atoms with Crippen LogP contribution in [-0.4, -0.2) is 105 Å². The van der Waals surface area contributed by atoms with Crippen molar-refractivity contribution in [2.24, 2.45) is 28.9 Å². The third-order valence-electron chi connectivity index (χ3n) is 7.45. The summed E-state index contributed by atoms with van der Waals surface area (Å²) in [6.07, 6.45) is 2.28. The summed E-state index contributed by atoms with van der Waals surface area (Å²) in [5, 5.41) is 22.4. The summed E-state index contributed by atoms with van der Waals surface area (Å²) in [5.41, 5.74) is 22.4. The van der Waals surface area contributed by atoms with Crippen molar-refractivity contribution in [2.45, 2.75) is 115 Å². The minimum Gasteiger partial charge on any atom is -0.391 e. The van der Waals surface area contributed by atoms with Crippen molar-refractivity contribution in [3.8, 4) is 0 Å². The van der Waals surface area contributed by atoms with Crippen LogP contribution in [0.15, 0.2) is 12.5 Å². The molecule has 0 aliphatic rings. The van der Waals surface area contributed by atoms with Crippen molar-refractivity contribution < 1.29 is 38.7 Å². The van der Waals surface area contributed by atoms with Crippen LogP contribution < -0.4 is 49.5 Å². The van der Waals surface area contributed by atoms with Gasteiger partial charge in [-0.15, -0.1) is 0 Å². The van der Waals surface area contributed by atoms with Crippen LogP contribution in [0.1, 0.15) is 71.9 Å². The zero-order chi connectivity index (χ0) is 37.3. The monoisotopic (exact) mass is 695 g/mol. The third-order valence-corrected chi connectivity index (χ3v) is 7.45. The number of nitrogens with two attached hydrogens (primary N) is 4. The molecule has 0 unspecified atom stereocenters.